The number of carbonyl (C=O) groups excluding carboxylic acids is 1. The van der Waals surface area contributed by atoms with Crippen LogP contribution in [0.2, 0.25) is 0 Å². The molecule has 1 aromatic carbocycles. The van der Waals surface area contributed by atoms with Crippen LogP contribution in [0.1, 0.15) is 44.6 Å². The topological polar surface area (TPSA) is 32.3 Å². The first-order chi connectivity index (χ1) is 9.29. The minimum atomic E-state index is 0.158. The number of hydrogen-bond donors (Lipinski definition) is 1. The van der Waals surface area contributed by atoms with E-state index in [9.17, 15) is 4.79 Å². The van der Waals surface area contributed by atoms with Crippen molar-refractivity contribution in [3.8, 4) is 0 Å². The van der Waals surface area contributed by atoms with Crippen molar-refractivity contribution in [3.63, 3.8) is 0 Å². The molecule has 0 aliphatic carbocycles. The summed E-state index contributed by atoms with van der Waals surface area (Å²) in [7, 11) is 0. The fourth-order valence-corrected chi connectivity index (χ4v) is 2.43. The van der Waals surface area contributed by atoms with Crippen LogP contribution in [-0.4, -0.2) is 19.0 Å². The van der Waals surface area contributed by atoms with Gasteiger partial charge in [0.1, 0.15) is 0 Å². The van der Waals surface area contributed by atoms with Crippen molar-refractivity contribution in [2.45, 2.75) is 45.6 Å². The first kappa shape index (κ1) is 13.9. The Balaban J connectivity index is 1.79. The lowest BCUT2D eigenvalue weighted by Gasteiger charge is -2.17. The molecular weight excluding hydrogens is 236 g/mol. The summed E-state index contributed by atoms with van der Waals surface area (Å²) in [6.45, 7) is 5.09. The van der Waals surface area contributed by atoms with E-state index in [1.807, 2.05) is 0 Å². The molecule has 3 heteroatoms. The number of carbonyl (C=O) groups is 1. The Labute approximate surface area is 116 Å². The average Bonchev–Trinajstić information content (AvgIpc) is 2.97. The molecule has 1 N–H and O–H groups in total. The monoisotopic (exact) mass is 260 g/mol. The molecule has 1 aliphatic rings. The summed E-state index contributed by atoms with van der Waals surface area (Å²) in [6.07, 6.45) is 5.28. The SMILES string of the molecule is CCCCC(=O)NCc1ccc(N2CCCC2)cc1. The minimum absolute atomic E-state index is 0.158. The van der Waals surface area contributed by atoms with Gasteiger partial charge in [0.05, 0.1) is 0 Å². The molecule has 1 aliphatic heterocycles. The van der Waals surface area contributed by atoms with Crippen molar-refractivity contribution in [2.24, 2.45) is 0 Å². The van der Waals surface area contributed by atoms with Crippen molar-refractivity contribution in [1.29, 1.82) is 0 Å². The van der Waals surface area contributed by atoms with Gasteiger partial charge in [-0.25, -0.2) is 0 Å². The quantitative estimate of drug-likeness (QED) is 0.852. The average molecular weight is 260 g/mol. The van der Waals surface area contributed by atoms with Gasteiger partial charge in [0.25, 0.3) is 0 Å². The molecule has 0 aromatic heterocycles. The highest BCUT2D eigenvalue weighted by atomic mass is 16.1. The summed E-state index contributed by atoms with van der Waals surface area (Å²) in [5.74, 6) is 0.158. The Morgan fingerprint density at radius 3 is 2.53 bits per heavy atom. The summed E-state index contributed by atoms with van der Waals surface area (Å²) in [4.78, 5) is 14.0. The van der Waals surface area contributed by atoms with E-state index in [-0.39, 0.29) is 5.91 Å². The molecule has 1 aromatic rings. The summed E-state index contributed by atoms with van der Waals surface area (Å²) in [5.41, 5.74) is 2.48. The maximum Gasteiger partial charge on any atom is 0.220 e. The summed E-state index contributed by atoms with van der Waals surface area (Å²) < 4.78 is 0. The molecule has 2 rings (SSSR count). The molecule has 1 amide bonds. The second kappa shape index (κ2) is 7.17. The zero-order valence-electron chi connectivity index (χ0n) is 11.8. The van der Waals surface area contributed by atoms with Gasteiger partial charge in [-0.2, -0.15) is 0 Å². The van der Waals surface area contributed by atoms with E-state index in [0.717, 1.165) is 12.8 Å². The Kier molecular flexibility index (Phi) is 5.25. The van der Waals surface area contributed by atoms with E-state index in [4.69, 9.17) is 0 Å². The highest BCUT2D eigenvalue weighted by molar-refractivity contribution is 5.75. The third-order valence-corrected chi connectivity index (χ3v) is 3.65. The lowest BCUT2D eigenvalue weighted by molar-refractivity contribution is -0.121. The summed E-state index contributed by atoms with van der Waals surface area (Å²) in [5, 5.41) is 2.97. The molecule has 0 unspecified atom stereocenters. The number of nitrogens with one attached hydrogen (secondary N) is 1. The van der Waals surface area contributed by atoms with Gasteiger partial charge in [0, 0.05) is 31.7 Å². The Hall–Kier alpha value is -1.51. The standard InChI is InChI=1S/C16H24N2O/c1-2-3-6-16(19)17-13-14-7-9-15(10-8-14)18-11-4-5-12-18/h7-10H,2-6,11-13H2,1H3,(H,17,19). The lowest BCUT2D eigenvalue weighted by atomic mass is 10.2. The van der Waals surface area contributed by atoms with E-state index < -0.39 is 0 Å². The van der Waals surface area contributed by atoms with Gasteiger partial charge in [-0.1, -0.05) is 25.5 Å². The Bertz CT molecular complexity index is 394. The second-order valence-electron chi connectivity index (χ2n) is 5.24. The van der Waals surface area contributed by atoms with Crippen molar-refractivity contribution in [3.05, 3.63) is 29.8 Å². The van der Waals surface area contributed by atoms with Crippen molar-refractivity contribution < 1.29 is 4.79 Å². The van der Waals surface area contributed by atoms with Crippen LogP contribution in [0.4, 0.5) is 5.69 Å². The van der Waals surface area contributed by atoms with Crippen LogP contribution in [0.25, 0.3) is 0 Å². The Morgan fingerprint density at radius 1 is 1.21 bits per heavy atom. The first-order valence-corrected chi connectivity index (χ1v) is 7.40. The molecule has 0 atom stereocenters. The Morgan fingerprint density at radius 2 is 1.89 bits per heavy atom. The molecule has 104 valence electrons. The zero-order chi connectivity index (χ0) is 13.5. The van der Waals surface area contributed by atoms with Gasteiger partial charge in [-0.3, -0.25) is 4.79 Å². The minimum Gasteiger partial charge on any atom is -0.372 e. The van der Waals surface area contributed by atoms with Crippen LogP contribution in [0.15, 0.2) is 24.3 Å². The van der Waals surface area contributed by atoms with Gasteiger partial charge in [0.15, 0.2) is 0 Å². The molecule has 0 bridgehead atoms. The molecular formula is C16H24N2O. The lowest BCUT2D eigenvalue weighted by Crippen LogP contribution is -2.22. The molecule has 0 saturated carbocycles. The highest BCUT2D eigenvalue weighted by Gasteiger charge is 2.11. The van der Waals surface area contributed by atoms with Crippen LogP contribution in [0.5, 0.6) is 0 Å². The number of rotatable bonds is 6. The van der Waals surface area contributed by atoms with Crippen LogP contribution < -0.4 is 10.2 Å². The molecule has 1 heterocycles. The number of hydrogen-bond acceptors (Lipinski definition) is 2. The van der Waals surface area contributed by atoms with Gasteiger partial charge >= 0.3 is 0 Å². The maximum absolute atomic E-state index is 11.5. The molecule has 1 saturated heterocycles. The van der Waals surface area contributed by atoms with E-state index >= 15 is 0 Å². The van der Waals surface area contributed by atoms with Crippen LogP contribution in [0.3, 0.4) is 0 Å². The van der Waals surface area contributed by atoms with E-state index in [0.29, 0.717) is 13.0 Å². The fraction of sp³-hybridized carbons (Fsp3) is 0.562. The second-order valence-corrected chi connectivity index (χ2v) is 5.24. The normalized spacial score (nSPS) is 14.7. The fourth-order valence-electron chi connectivity index (χ4n) is 2.43. The first-order valence-electron chi connectivity index (χ1n) is 7.40. The molecule has 0 radical (unpaired) electrons. The van der Waals surface area contributed by atoms with Gasteiger partial charge in [0.2, 0.25) is 5.91 Å². The molecule has 3 nitrogen and oxygen atoms in total. The number of unbranched alkanes of at least 4 members (excludes halogenated alkanes) is 1. The van der Waals surface area contributed by atoms with Crippen molar-refractivity contribution in [2.75, 3.05) is 18.0 Å². The van der Waals surface area contributed by atoms with E-state index in [1.54, 1.807) is 0 Å². The van der Waals surface area contributed by atoms with Crippen LogP contribution in [0, 0.1) is 0 Å². The number of benzene rings is 1. The van der Waals surface area contributed by atoms with Gasteiger partial charge < -0.3 is 10.2 Å². The largest absolute Gasteiger partial charge is 0.372 e. The summed E-state index contributed by atoms with van der Waals surface area (Å²) >= 11 is 0. The molecule has 0 spiro atoms. The predicted molar refractivity (Wildman–Crippen MR) is 79.3 cm³/mol. The van der Waals surface area contributed by atoms with E-state index in [2.05, 4.69) is 41.4 Å². The number of amides is 1. The molecule has 19 heavy (non-hydrogen) atoms. The van der Waals surface area contributed by atoms with Crippen molar-refractivity contribution in [1.82, 2.24) is 5.32 Å². The van der Waals surface area contributed by atoms with Crippen molar-refractivity contribution >= 4 is 11.6 Å². The zero-order valence-corrected chi connectivity index (χ0v) is 11.8. The maximum atomic E-state index is 11.5. The third kappa shape index (κ3) is 4.27. The smallest absolute Gasteiger partial charge is 0.220 e. The molecule has 1 fully saturated rings. The summed E-state index contributed by atoms with van der Waals surface area (Å²) in [6, 6.07) is 8.57. The van der Waals surface area contributed by atoms with E-state index in [1.165, 1.54) is 37.2 Å². The van der Waals surface area contributed by atoms with Gasteiger partial charge in [-0.05, 0) is 37.0 Å². The number of anilines is 1. The van der Waals surface area contributed by atoms with Gasteiger partial charge in [-0.15, -0.1) is 0 Å². The third-order valence-electron chi connectivity index (χ3n) is 3.65. The van der Waals surface area contributed by atoms with Crippen LogP contribution in [-0.2, 0) is 11.3 Å². The number of nitrogens with zero attached hydrogens (tertiary/aromatic N) is 1. The predicted octanol–water partition coefficient (Wildman–Crippen LogP) is 3.09. The van der Waals surface area contributed by atoms with Crippen LogP contribution >= 0.6 is 0 Å². The highest BCUT2D eigenvalue weighted by Crippen LogP contribution is 2.20.